The largest absolute Gasteiger partial charge is 0.377 e. The molecule has 2 aromatic rings. The third-order valence-electron chi connectivity index (χ3n) is 5.05. The minimum atomic E-state index is -0.590. The van der Waals surface area contributed by atoms with Crippen LogP contribution in [0.3, 0.4) is 0 Å². The Morgan fingerprint density at radius 2 is 1.83 bits per heavy atom. The number of nitrogens with one attached hydrogen (secondary N) is 3. The predicted molar refractivity (Wildman–Crippen MR) is 142 cm³/mol. The number of hydrogen-bond acceptors (Lipinski definition) is 6. The molecule has 1 amide bonds. The number of carbonyl (C=O) groups excluding carboxylic acids is 1. The fourth-order valence-electron chi connectivity index (χ4n) is 3.25. The van der Waals surface area contributed by atoms with Gasteiger partial charge in [-0.3, -0.25) is 9.78 Å². The van der Waals surface area contributed by atoms with E-state index in [9.17, 15) is 4.79 Å². The highest BCUT2D eigenvalue weighted by molar-refractivity contribution is 6.30. The Balaban J connectivity index is 2.13. The molecule has 0 aliphatic heterocycles. The maximum absolute atomic E-state index is 12.8. The van der Waals surface area contributed by atoms with Gasteiger partial charge in [-0.05, 0) is 42.8 Å². The lowest BCUT2D eigenvalue weighted by Crippen LogP contribution is -2.46. The van der Waals surface area contributed by atoms with Crippen molar-refractivity contribution >= 4 is 29.2 Å². The van der Waals surface area contributed by atoms with Gasteiger partial charge >= 0.3 is 0 Å². The van der Waals surface area contributed by atoms with Crippen molar-refractivity contribution in [3.8, 4) is 6.19 Å². The van der Waals surface area contributed by atoms with Crippen LogP contribution in [0.2, 0.25) is 5.02 Å². The van der Waals surface area contributed by atoms with Gasteiger partial charge in [-0.25, -0.2) is 0 Å². The van der Waals surface area contributed by atoms with Crippen molar-refractivity contribution < 1.29 is 14.3 Å². The number of carbonyl (C=O) groups is 1. The number of hydrogen-bond donors (Lipinski definition) is 3. The number of aromatic nitrogens is 1. The van der Waals surface area contributed by atoms with Crippen LogP contribution in [-0.2, 0) is 9.47 Å². The maximum atomic E-state index is 12.8. The van der Waals surface area contributed by atoms with Crippen LogP contribution < -0.4 is 16.0 Å². The van der Waals surface area contributed by atoms with Crippen LogP contribution in [0.5, 0.6) is 0 Å². The fourth-order valence-corrected chi connectivity index (χ4v) is 3.37. The van der Waals surface area contributed by atoms with Gasteiger partial charge in [-0.1, -0.05) is 23.8 Å². The number of ether oxygens (including phenoxy) is 2. The van der Waals surface area contributed by atoms with Crippen LogP contribution in [0.1, 0.15) is 16.8 Å². The average molecular weight is 511 g/mol. The summed E-state index contributed by atoms with van der Waals surface area (Å²) in [6.45, 7) is 9.42. The summed E-state index contributed by atoms with van der Waals surface area (Å²) in [5.74, 6) is 0.0463. The molecule has 0 atom stereocenters. The lowest BCUT2D eigenvalue weighted by Gasteiger charge is -2.34. The maximum Gasteiger partial charge on any atom is 0.251 e. The summed E-state index contributed by atoms with van der Waals surface area (Å²) < 4.78 is 11.6. The standard InChI is InChI=1S/C26H31ClN6O3/c1-3-14-35-18-26(19-36-15-4-2,17-31-24(34)21-7-9-22(27)10-8-21)11-13-30-25(32-20-28)33-23-6-5-12-29-16-23/h3-10,12,16H,1-2,11,13-15,17-19H2,(H,31,34)(H2,30,32,33). The molecular weight excluding hydrogens is 480 g/mol. The third kappa shape index (κ3) is 10.3. The Labute approximate surface area is 216 Å². The van der Waals surface area contributed by atoms with E-state index < -0.39 is 5.41 Å². The van der Waals surface area contributed by atoms with Crippen molar-refractivity contribution in [2.45, 2.75) is 6.42 Å². The molecule has 1 heterocycles. The second-order valence-corrected chi connectivity index (χ2v) is 8.34. The number of rotatable bonds is 15. The second-order valence-electron chi connectivity index (χ2n) is 7.90. The second kappa shape index (κ2) is 16.1. The molecule has 2 rings (SSSR count). The summed E-state index contributed by atoms with van der Waals surface area (Å²) in [6, 6.07) is 10.2. The van der Waals surface area contributed by atoms with Crippen LogP contribution in [0.25, 0.3) is 0 Å². The molecule has 190 valence electrons. The van der Waals surface area contributed by atoms with E-state index in [0.29, 0.717) is 55.7 Å². The lowest BCUT2D eigenvalue weighted by atomic mass is 9.85. The molecule has 0 fully saturated rings. The Kier molecular flexibility index (Phi) is 12.7. The quantitative estimate of drug-likeness (QED) is 0.110. The molecule has 3 N–H and O–H groups in total. The van der Waals surface area contributed by atoms with Crippen molar-refractivity contribution in [2.24, 2.45) is 10.4 Å². The highest BCUT2D eigenvalue weighted by atomic mass is 35.5. The van der Waals surface area contributed by atoms with Gasteiger partial charge in [0.05, 0.1) is 38.3 Å². The van der Waals surface area contributed by atoms with Crippen molar-refractivity contribution in [1.29, 1.82) is 5.26 Å². The number of nitriles is 1. The molecule has 0 unspecified atom stereocenters. The number of guanidine groups is 1. The monoisotopic (exact) mass is 510 g/mol. The number of halogens is 1. The molecule has 0 saturated heterocycles. The molecule has 0 radical (unpaired) electrons. The summed E-state index contributed by atoms with van der Waals surface area (Å²) >= 11 is 5.94. The van der Waals surface area contributed by atoms with Crippen molar-refractivity contribution in [2.75, 3.05) is 44.8 Å². The van der Waals surface area contributed by atoms with Crippen LogP contribution in [0.4, 0.5) is 5.69 Å². The number of pyridine rings is 1. The molecule has 0 aliphatic rings. The first-order chi connectivity index (χ1) is 17.5. The predicted octanol–water partition coefficient (Wildman–Crippen LogP) is 3.79. The minimum absolute atomic E-state index is 0.235. The normalized spacial score (nSPS) is 11.3. The SMILES string of the molecule is C=CCOCC(CCNC(=NC#N)Nc1cccnc1)(CNC(=O)c1ccc(Cl)cc1)COCC=C. The first kappa shape index (κ1) is 28.5. The van der Waals surface area contributed by atoms with Crippen LogP contribution in [-0.4, -0.2) is 56.4 Å². The topological polar surface area (TPSA) is 121 Å². The van der Waals surface area contributed by atoms with E-state index >= 15 is 0 Å². The van der Waals surface area contributed by atoms with E-state index in [-0.39, 0.29) is 18.4 Å². The molecule has 1 aromatic carbocycles. The molecule has 0 bridgehead atoms. The summed E-state index contributed by atoms with van der Waals surface area (Å²) in [5.41, 5.74) is 0.589. The van der Waals surface area contributed by atoms with Crippen molar-refractivity contribution in [3.63, 3.8) is 0 Å². The van der Waals surface area contributed by atoms with Gasteiger partial charge in [-0.15, -0.1) is 18.2 Å². The molecule has 1 aromatic heterocycles. The van der Waals surface area contributed by atoms with E-state index in [1.807, 2.05) is 6.07 Å². The number of benzene rings is 1. The van der Waals surface area contributed by atoms with Crippen LogP contribution in [0.15, 0.2) is 79.1 Å². The summed E-state index contributed by atoms with van der Waals surface area (Å²) in [7, 11) is 0. The van der Waals surface area contributed by atoms with Crippen LogP contribution in [0, 0.1) is 16.9 Å². The molecule has 0 spiro atoms. The van der Waals surface area contributed by atoms with E-state index in [1.54, 1.807) is 61.1 Å². The lowest BCUT2D eigenvalue weighted by molar-refractivity contribution is -0.0120. The minimum Gasteiger partial charge on any atom is -0.377 e. The van der Waals surface area contributed by atoms with Gasteiger partial charge < -0.3 is 25.4 Å². The highest BCUT2D eigenvalue weighted by Crippen LogP contribution is 2.23. The van der Waals surface area contributed by atoms with Gasteiger partial charge in [0.2, 0.25) is 12.2 Å². The Bertz CT molecular complexity index is 1020. The molecule has 10 heteroatoms. The zero-order valence-electron chi connectivity index (χ0n) is 20.1. The third-order valence-corrected chi connectivity index (χ3v) is 5.30. The van der Waals surface area contributed by atoms with Crippen molar-refractivity contribution in [3.05, 3.63) is 84.7 Å². The number of amides is 1. The van der Waals surface area contributed by atoms with Gasteiger partial charge in [-0.2, -0.15) is 5.26 Å². The van der Waals surface area contributed by atoms with Gasteiger partial charge in [0, 0.05) is 35.3 Å². The van der Waals surface area contributed by atoms with Gasteiger partial charge in [0.1, 0.15) is 0 Å². The van der Waals surface area contributed by atoms with Gasteiger partial charge in [0.25, 0.3) is 5.91 Å². The zero-order chi connectivity index (χ0) is 26.1. The Morgan fingerprint density at radius 1 is 1.14 bits per heavy atom. The summed E-state index contributed by atoms with van der Waals surface area (Å²) in [4.78, 5) is 20.6. The zero-order valence-corrected chi connectivity index (χ0v) is 20.8. The Hall–Kier alpha value is -3.71. The van der Waals surface area contributed by atoms with E-state index in [2.05, 4.69) is 39.1 Å². The first-order valence-electron chi connectivity index (χ1n) is 11.3. The van der Waals surface area contributed by atoms with Crippen molar-refractivity contribution in [1.82, 2.24) is 15.6 Å². The summed E-state index contributed by atoms with van der Waals surface area (Å²) in [5, 5.41) is 18.8. The molecule has 9 nitrogen and oxygen atoms in total. The molecule has 36 heavy (non-hydrogen) atoms. The Morgan fingerprint density at radius 3 is 2.42 bits per heavy atom. The first-order valence-corrected chi connectivity index (χ1v) is 11.7. The average Bonchev–Trinajstić information content (AvgIpc) is 2.88. The number of anilines is 1. The molecule has 0 saturated carbocycles. The number of nitrogens with zero attached hydrogens (tertiary/aromatic N) is 3. The molecular formula is C26H31ClN6O3. The van der Waals surface area contributed by atoms with E-state index in [4.69, 9.17) is 26.3 Å². The highest BCUT2D eigenvalue weighted by Gasteiger charge is 2.32. The molecule has 0 aliphatic carbocycles. The fraction of sp³-hybridized carbons (Fsp3) is 0.308. The number of aliphatic imine (C=N–C) groups is 1. The summed E-state index contributed by atoms with van der Waals surface area (Å²) in [6.07, 6.45) is 8.91. The van der Waals surface area contributed by atoms with Gasteiger partial charge in [0.15, 0.2) is 0 Å². The smallest absolute Gasteiger partial charge is 0.251 e. The van der Waals surface area contributed by atoms with E-state index in [1.165, 1.54) is 0 Å². The van der Waals surface area contributed by atoms with Crippen LogP contribution >= 0.6 is 11.6 Å². The van der Waals surface area contributed by atoms with E-state index in [0.717, 1.165) is 0 Å².